The summed E-state index contributed by atoms with van der Waals surface area (Å²) in [6.07, 6.45) is -5.73. The van der Waals surface area contributed by atoms with Crippen molar-refractivity contribution >= 4 is 5.97 Å². The zero-order valence-corrected chi connectivity index (χ0v) is 39.1. The Balaban J connectivity index is 0.757. The molecule has 24 atom stereocenters. The van der Waals surface area contributed by atoms with E-state index in [0.717, 1.165) is 32.1 Å². The van der Waals surface area contributed by atoms with Crippen LogP contribution in [0.2, 0.25) is 0 Å². The molecule has 7 heterocycles. The molecule has 2 aliphatic carbocycles. The highest BCUT2D eigenvalue weighted by Crippen LogP contribution is 2.57. The van der Waals surface area contributed by atoms with E-state index in [2.05, 4.69) is 13.0 Å². The first kappa shape index (κ1) is 49.1. The molecule has 9 rings (SSSR count). The van der Waals surface area contributed by atoms with Crippen molar-refractivity contribution in [1.82, 2.24) is 0 Å². The molecule has 9 aliphatic rings. The molecule has 7 fully saturated rings. The average Bonchev–Trinajstić information content (AvgIpc) is 3.80. The first-order valence-corrected chi connectivity index (χ1v) is 24.1. The topological polar surface area (TPSA) is 238 Å². The normalized spacial score (nSPS) is 51.7. The molecule has 6 saturated heterocycles. The monoisotopic (exact) mass is 940 g/mol. The van der Waals surface area contributed by atoms with Gasteiger partial charge in [-0.2, -0.15) is 0 Å². The van der Waals surface area contributed by atoms with Gasteiger partial charge in [-0.1, -0.05) is 18.6 Å². The summed E-state index contributed by atoms with van der Waals surface area (Å²) in [5.74, 6) is -1.03. The summed E-state index contributed by atoms with van der Waals surface area (Å²) in [6.45, 7) is 9.47. The van der Waals surface area contributed by atoms with E-state index in [1.165, 1.54) is 18.3 Å². The number of esters is 1. The summed E-state index contributed by atoms with van der Waals surface area (Å²) < 4.78 is 79.9. The Kier molecular flexibility index (Phi) is 14.7. The third-order valence-electron chi connectivity index (χ3n) is 16.3. The van der Waals surface area contributed by atoms with E-state index < -0.39 is 111 Å². The number of carbonyl (C=O) groups is 1. The highest BCUT2D eigenvalue weighted by molar-refractivity contribution is 5.74. The number of ether oxygens (including phenoxy) is 13. The van der Waals surface area contributed by atoms with Gasteiger partial charge in [0.15, 0.2) is 25.2 Å². The molecule has 0 radical (unpaired) electrons. The fourth-order valence-corrected chi connectivity index (χ4v) is 12.5. The van der Waals surface area contributed by atoms with Crippen molar-refractivity contribution in [2.24, 2.45) is 23.2 Å². The van der Waals surface area contributed by atoms with Crippen LogP contribution in [-0.2, 0) is 66.4 Å². The lowest BCUT2D eigenvalue weighted by Gasteiger charge is -2.51. The molecule has 0 aromatic rings. The quantitative estimate of drug-likeness (QED) is 0.147. The highest BCUT2D eigenvalue weighted by Gasteiger charge is 2.58. The molecule has 19 nitrogen and oxygen atoms in total. The van der Waals surface area contributed by atoms with Gasteiger partial charge >= 0.3 is 5.97 Å². The zero-order valence-electron chi connectivity index (χ0n) is 39.1. The van der Waals surface area contributed by atoms with Crippen LogP contribution in [0.5, 0.6) is 0 Å². The number of aliphatic hydroxyl groups excluding tert-OH is 5. The lowest BCUT2D eigenvalue weighted by molar-refractivity contribution is -0.356. The molecule has 0 bridgehead atoms. The Bertz CT molecular complexity index is 1750. The van der Waals surface area contributed by atoms with Gasteiger partial charge in [-0.15, -0.1) is 0 Å². The second kappa shape index (κ2) is 19.7. The lowest BCUT2D eigenvalue weighted by atomic mass is 9.55. The van der Waals surface area contributed by atoms with Gasteiger partial charge in [0.05, 0.1) is 74.0 Å². The number of hydrogen-bond donors (Lipinski definition) is 5. The molecule has 374 valence electrons. The predicted octanol–water partition coefficient (Wildman–Crippen LogP) is 1.86. The van der Waals surface area contributed by atoms with E-state index in [-0.39, 0.29) is 60.3 Å². The third kappa shape index (κ3) is 9.28. The number of rotatable bonds is 11. The van der Waals surface area contributed by atoms with Crippen LogP contribution in [0.15, 0.2) is 23.5 Å². The molecular weight excluding hydrogens is 868 g/mol. The van der Waals surface area contributed by atoms with Crippen molar-refractivity contribution in [2.75, 3.05) is 27.4 Å². The van der Waals surface area contributed by atoms with Gasteiger partial charge in [-0.05, 0) is 76.2 Å². The van der Waals surface area contributed by atoms with Gasteiger partial charge in [0, 0.05) is 40.4 Å². The zero-order chi connectivity index (χ0) is 46.8. The standard InChI is InChI=1S/C47H72O19/c1-21-41(64-36-17-31(55-7)43(23(3)60-36)66-45-40(52)39(51)38(50)32(18-48)63-45)29(49)15-34(58-21)65-42-22(2)59-35(16-30(42)54-6)61-26-12-13-46(4)25(14-26)9-10-27-28(46)11-8-24-19-56-47(5)37(24)33(20-57-47)62-44(27)53/h9,19,21-23,26-43,45,48-52H,8,10-18,20H2,1-7H3/t21-,22-,23-,26+,27+,28+,29+,30-,31-,32-,33-,34+,35+,36+,37-,38-,39+,40-,41-,42-,43-,45+,46+,47+/m1/s1. The minimum Gasteiger partial charge on any atom is -0.469 e. The number of fused-ring (bicyclic) bond motifs is 3. The fraction of sp³-hybridized carbons (Fsp3) is 0.894. The van der Waals surface area contributed by atoms with Gasteiger partial charge in [0.25, 0.3) is 0 Å². The first-order valence-electron chi connectivity index (χ1n) is 24.1. The molecule has 19 heteroatoms. The maximum atomic E-state index is 13.8. The number of aliphatic hydroxyl groups is 5. The smallest absolute Gasteiger partial charge is 0.309 e. The summed E-state index contributed by atoms with van der Waals surface area (Å²) in [4.78, 5) is 13.8. The number of methoxy groups -OCH3 is 2. The minimum absolute atomic E-state index is 0.0646. The van der Waals surface area contributed by atoms with E-state index in [1.807, 2.05) is 20.1 Å². The van der Waals surface area contributed by atoms with Crippen molar-refractivity contribution in [3.63, 3.8) is 0 Å². The van der Waals surface area contributed by atoms with Crippen LogP contribution >= 0.6 is 0 Å². The minimum atomic E-state index is -1.59. The van der Waals surface area contributed by atoms with Crippen LogP contribution in [0, 0.1) is 23.2 Å². The predicted molar refractivity (Wildman–Crippen MR) is 225 cm³/mol. The Morgan fingerprint density at radius 1 is 0.773 bits per heavy atom. The summed E-state index contributed by atoms with van der Waals surface area (Å²) in [5, 5.41) is 52.0. The summed E-state index contributed by atoms with van der Waals surface area (Å²) in [7, 11) is 3.14. The first-order chi connectivity index (χ1) is 31.5. The molecule has 0 aromatic carbocycles. The SMILES string of the molecule is CO[C@@H]1C[C@H](O[C@H]2CC[C@@]3(C)C(=CC[C@@H]4C(=O)O[C@@H]5CO[C@]6(C)OC=C(CC[C@@H]43)[C@H]56)C2)O[C@H](C)[C@H]1O[C@H]1C[C@H](O)[C@H](O[C@H]2C[C@@H](OC)[C@H](O[C@@H]3O[C@H](CO)[C@@H](O)[C@H](O)[C@H]3O)[C@@H](C)O2)[C@@H](C)O1. The average molecular weight is 941 g/mol. The lowest BCUT2D eigenvalue weighted by Crippen LogP contribution is -2.62. The van der Waals surface area contributed by atoms with Gasteiger partial charge in [0.2, 0.25) is 5.79 Å². The van der Waals surface area contributed by atoms with E-state index in [4.69, 9.17) is 61.6 Å². The van der Waals surface area contributed by atoms with E-state index >= 15 is 0 Å². The molecule has 1 saturated carbocycles. The number of hydrogen-bond acceptors (Lipinski definition) is 19. The highest BCUT2D eigenvalue weighted by atomic mass is 16.8. The largest absolute Gasteiger partial charge is 0.469 e. The van der Waals surface area contributed by atoms with Gasteiger partial charge in [0.1, 0.15) is 48.8 Å². The van der Waals surface area contributed by atoms with Crippen molar-refractivity contribution in [3.8, 4) is 0 Å². The summed E-state index contributed by atoms with van der Waals surface area (Å²) >= 11 is 0. The fourth-order valence-electron chi connectivity index (χ4n) is 12.5. The van der Waals surface area contributed by atoms with Crippen LogP contribution < -0.4 is 0 Å². The molecule has 5 N–H and O–H groups in total. The van der Waals surface area contributed by atoms with Crippen molar-refractivity contribution in [3.05, 3.63) is 23.5 Å². The van der Waals surface area contributed by atoms with E-state index in [0.29, 0.717) is 19.4 Å². The van der Waals surface area contributed by atoms with E-state index in [1.54, 1.807) is 21.0 Å². The Labute approximate surface area is 386 Å². The second-order valence-corrected chi connectivity index (χ2v) is 20.4. The van der Waals surface area contributed by atoms with Crippen molar-refractivity contribution < 1.29 is 91.9 Å². The Hall–Kier alpha value is -1.89. The molecule has 0 unspecified atom stereocenters. The molecule has 0 spiro atoms. The van der Waals surface area contributed by atoms with Crippen LogP contribution in [0.4, 0.5) is 0 Å². The van der Waals surface area contributed by atoms with Gasteiger partial charge in [-0.3, -0.25) is 4.79 Å². The van der Waals surface area contributed by atoms with Crippen LogP contribution in [0.25, 0.3) is 0 Å². The van der Waals surface area contributed by atoms with Crippen molar-refractivity contribution in [1.29, 1.82) is 0 Å². The van der Waals surface area contributed by atoms with E-state index in [9.17, 15) is 30.3 Å². The van der Waals surface area contributed by atoms with Gasteiger partial charge in [-0.25, -0.2) is 0 Å². The third-order valence-corrected chi connectivity index (χ3v) is 16.3. The Morgan fingerprint density at radius 2 is 1.41 bits per heavy atom. The van der Waals surface area contributed by atoms with Gasteiger partial charge < -0.3 is 87.1 Å². The Morgan fingerprint density at radius 3 is 2.08 bits per heavy atom. The van der Waals surface area contributed by atoms with Crippen LogP contribution in [0.1, 0.15) is 92.4 Å². The van der Waals surface area contributed by atoms with Crippen LogP contribution in [-0.4, -0.2) is 181 Å². The maximum absolute atomic E-state index is 13.8. The molecule has 66 heavy (non-hydrogen) atoms. The summed E-state index contributed by atoms with van der Waals surface area (Å²) in [5.41, 5.74) is 2.35. The van der Waals surface area contributed by atoms with Crippen LogP contribution in [0.3, 0.4) is 0 Å². The molecule has 0 aromatic heterocycles. The maximum Gasteiger partial charge on any atom is 0.309 e. The molecule has 0 amide bonds. The van der Waals surface area contributed by atoms with Crippen molar-refractivity contribution in [2.45, 2.75) is 215 Å². The number of carbonyl (C=O) groups excluding carboxylic acids is 1. The second-order valence-electron chi connectivity index (χ2n) is 20.4. The summed E-state index contributed by atoms with van der Waals surface area (Å²) in [6, 6.07) is 0. The molecule has 7 aliphatic heterocycles. The number of allylic oxidation sites excluding steroid dienone is 1. The molecular formula is C47H72O19.